The third kappa shape index (κ3) is 6.96. The van der Waals surface area contributed by atoms with E-state index in [-0.39, 0.29) is 32.7 Å². The molecule has 0 radical (unpaired) electrons. The fourth-order valence-corrected chi connectivity index (χ4v) is 21.0. The Labute approximate surface area is 434 Å². The van der Waals surface area contributed by atoms with E-state index in [0.29, 0.717) is 48.4 Å². The lowest BCUT2D eigenvalue weighted by Gasteiger charge is -2.67. The third-order valence-electron chi connectivity index (χ3n) is 24.6. The maximum absolute atomic E-state index is 3.42. The van der Waals surface area contributed by atoms with Crippen LogP contribution in [-0.2, 0) is 5.41 Å². The van der Waals surface area contributed by atoms with Gasteiger partial charge < -0.3 is 14.7 Å². The van der Waals surface area contributed by atoms with Crippen LogP contribution in [0, 0.1) is 34.0 Å². The number of nitrogens with zero attached hydrogens (tertiary/aromatic N) is 3. The normalized spacial score (nSPS) is 38.6. The quantitative estimate of drug-likeness (QED) is 0.215. The molecule has 4 aliphatic heterocycles. The van der Waals surface area contributed by atoms with E-state index in [1.165, 1.54) is 173 Å². The van der Waals surface area contributed by atoms with Crippen molar-refractivity contribution in [1.29, 1.82) is 0 Å². The molecule has 71 heavy (non-hydrogen) atoms. The molecule has 0 N–H and O–H groups in total. The number of fused-ring (bicyclic) bond motifs is 8. The molecule has 4 saturated carbocycles. The molecule has 0 amide bonds. The fourth-order valence-electron chi connectivity index (χ4n) is 21.0. The van der Waals surface area contributed by atoms with Gasteiger partial charge in [0.1, 0.15) is 0 Å². The Morgan fingerprint density at radius 2 is 1.37 bits per heavy atom. The second-order valence-electron chi connectivity index (χ2n) is 30.0. The van der Waals surface area contributed by atoms with Crippen molar-refractivity contribution in [3.8, 4) is 0 Å². The Morgan fingerprint density at radius 3 is 2.07 bits per heavy atom. The molecule has 0 bridgehead atoms. The van der Waals surface area contributed by atoms with Gasteiger partial charge in [-0.1, -0.05) is 147 Å². The molecule has 10 unspecified atom stereocenters. The molecule has 3 nitrogen and oxygen atoms in total. The Hall–Kier alpha value is -2.62. The van der Waals surface area contributed by atoms with Gasteiger partial charge in [0.05, 0.1) is 0 Å². The van der Waals surface area contributed by atoms with E-state index in [1.807, 2.05) is 33.6 Å². The highest BCUT2D eigenvalue weighted by molar-refractivity contribution is 6.71. The first-order valence-corrected chi connectivity index (χ1v) is 31.0. The van der Waals surface area contributed by atoms with E-state index >= 15 is 0 Å². The lowest BCUT2D eigenvalue weighted by Crippen LogP contribution is -2.71. The van der Waals surface area contributed by atoms with Gasteiger partial charge in [-0.3, -0.25) is 0 Å². The first kappa shape index (κ1) is 48.1. The van der Waals surface area contributed by atoms with Crippen LogP contribution in [0.1, 0.15) is 242 Å². The van der Waals surface area contributed by atoms with Crippen molar-refractivity contribution in [2.45, 2.75) is 288 Å². The summed E-state index contributed by atoms with van der Waals surface area (Å²) < 4.78 is 0. The average molecular weight is 956 g/mol. The van der Waals surface area contributed by atoms with E-state index in [1.54, 1.807) is 11.3 Å². The number of benzene rings is 1. The lowest BCUT2D eigenvalue weighted by molar-refractivity contribution is -0.0443. The van der Waals surface area contributed by atoms with Crippen molar-refractivity contribution in [3.05, 3.63) is 87.2 Å². The molecular weight excluding hydrogens is 858 g/mol. The Bertz CT molecular complexity index is 2420. The molecule has 13 rings (SSSR count). The predicted molar refractivity (Wildman–Crippen MR) is 301 cm³/mol. The van der Waals surface area contributed by atoms with Crippen LogP contribution in [0.4, 0.5) is 5.69 Å². The summed E-state index contributed by atoms with van der Waals surface area (Å²) in [5.74, 6) is 3.53. The molecule has 4 heteroatoms. The van der Waals surface area contributed by atoms with Gasteiger partial charge >= 0.3 is 0 Å². The van der Waals surface area contributed by atoms with Crippen molar-refractivity contribution >= 4 is 12.4 Å². The summed E-state index contributed by atoms with van der Waals surface area (Å²) in [5.41, 5.74) is 17.5. The smallest absolute Gasteiger partial charge is 0.190 e. The summed E-state index contributed by atoms with van der Waals surface area (Å²) in [6, 6.07) is 12.6. The van der Waals surface area contributed by atoms with Crippen LogP contribution in [0.15, 0.2) is 81.7 Å². The van der Waals surface area contributed by atoms with Crippen LogP contribution in [0.3, 0.4) is 0 Å². The average Bonchev–Trinajstić information content (AvgIpc) is 3.69. The van der Waals surface area contributed by atoms with Crippen LogP contribution >= 0.6 is 0 Å². The van der Waals surface area contributed by atoms with Gasteiger partial charge in [-0.2, -0.15) is 0 Å². The third-order valence-corrected chi connectivity index (χ3v) is 24.6. The van der Waals surface area contributed by atoms with Crippen molar-refractivity contribution in [2.24, 2.45) is 34.0 Å². The van der Waals surface area contributed by atoms with Gasteiger partial charge in [0.2, 0.25) is 0 Å². The van der Waals surface area contributed by atoms with Crippen molar-refractivity contribution < 1.29 is 0 Å². The minimum atomic E-state index is 0.114. The molecule has 384 valence electrons. The summed E-state index contributed by atoms with van der Waals surface area (Å²) in [6.07, 6.45) is 44.4. The summed E-state index contributed by atoms with van der Waals surface area (Å²) in [4.78, 5) is 10.00. The first-order valence-electron chi connectivity index (χ1n) is 31.0. The first-order chi connectivity index (χ1) is 34.0. The molecular formula is C67H98BN3. The van der Waals surface area contributed by atoms with Gasteiger partial charge in [0.15, 0.2) is 6.71 Å². The predicted octanol–water partition coefficient (Wildman–Crippen LogP) is 17.7. The number of anilines is 1. The standard InChI is InChI=1S/C67H98BN3/c1-62(2,3)47-29-32-49(33-30-47)69(56-34-31-48(63(4,5)6)41-51(56)45-25-16-12-17-26-45)50-42-57-59-58(43-50)71-61-53(65(9)35-20-21-36-66(65,71)10)39-46(44-23-14-11-15-24-44)40-55(61)68(59)54-28-22-27-52-60(54)70(57)64(7,8)67(52)37-18-13-19-38-67/h23,27,29-30,32-33,41,45-46,50-51,55-59H,11-22,24-26,28,31,34-40,42-43H2,1-10H3. The van der Waals surface area contributed by atoms with E-state index in [2.05, 4.69) is 126 Å². The molecule has 10 atom stereocenters. The Balaban J connectivity index is 1.03. The van der Waals surface area contributed by atoms with E-state index in [4.69, 9.17) is 0 Å². The van der Waals surface area contributed by atoms with Gasteiger partial charge in [-0.15, -0.1) is 0 Å². The molecule has 2 saturated heterocycles. The maximum Gasteiger partial charge on any atom is 0.190 e. The van der Waals surface area contributed by atoms with E-state index < -0.39 is 0 Å². The van der Waals surface area contributed by atoms with Gasteiger partial charge in [0, 0.05) is 69.1 Å². The van der Waals surface area contributed by atoms with Gasteiger partial charge in [-0.05, 0) is 199 Å². The molecule has 0 aromatic heterocycles. The zero-order valence-electron chi connectivity index (χ0n) is 47.0. The highest BCUT2D eigenvalue weighted by Crippen LogP contribution is 2.74. The molecule has 1 aromatic carbocycles. The molecule has 4 heterocycles. The number of hydrogen-bond donors (Lipinski definition) is 0. The van der Waals surface area contributed by atoms with Crippen LogP contribution in [0.5, 0.6) is 0 Å². The zero-order chi connectivity index (χ0) is 49.0. The highest BCUT2D eigenvalue weighted by atomic mass is 15.3. The largest absolute Gasteiger partial charge is 0.366 e. The minimum absolute atomic E-state index is 0.114. The molecule has 1 aromatic rings. The number of rotatable bonds is 5. The van der Waals surface area contributed by atoms with Crippen LogP contribution in [-0.4, -0.2) is 51.8 Å². The SMILES string of the molecule is CC(C)(C)C1=CC(C2CCCCC2)C(N(c2ccc(C(C)(C)C)cc2)C2CC3C4B(C5=C6C(=CCC5)C5(CCCCC5)C(C)(C)N63)C3CC(C5=CCCCC5)CC5=C3N(C4C2)C2(C)CCCCC52C)CC1. The zero-order valence-corrected chi connectivity index (χ0v) is 47.0. The minimum Gasteiger partial charge on any atom is -0.366 e. The van der Waals surface area contributed by atoms with Gasteiger partial charge in [0.25, 0.3) is 0 Å². The summed E-state index contributed by atoms with van der Waals surface area (Å²) >= 11 is 0. The van der Waals surface area contributed by atoms with Crippen LogP contribution < -0.4 is 4.90 Å². The number of hydrogen-bond acceptors (Lipinski definition) is 3. The van der Waals surface area contributed by atoms with Crippen molar-refractivity contribution in [1.82, 2.24) is 9.80 Å². The highest BCUT2D eigenvalue weighted by Gasteiger charge is 2.73. The Morgan fingerprint density at radius 1 is 0.662 bits per heavy atom. The van der Waals surface area contributed by atoms with E-state index in [0.717, 1.165) is 11.8 Å². The number of allylic oxidation sites excluding steroid dienone is 7. The monoisotopic (exact) mass is 956 g/mol. The molecule has 1 spiro atoms. The second-order valence-corrected chi connectivity index (χ2v) is 30.0. The second kappa shape index (κ2) is 16.9. The molecule has 12 aliphatic rings. The summed E-state index contributed by atoms with van der Waals surface area (Å²) in [6.45, 7) is 26.8. The molecule has 6 fully saturated rings. The molecule has 8 aliphatic carbocycles. The van der Waals surface area contributed by atoms with E-state index in [9.17, 15) is 0 Å². The van der Waals surface area contributed by atoms with Crippen molar-refractivity contribution in [2.75, 3.05) is 4.90 Å². The lowest BCUT2D eigenvalue weighted by atomic mass is 9.22. The summed E-state index contributed by atoms with van der Waals surface area (Å²) in [5, 5.41) is 0. The van der Waals surface area contributed by atoms with Crippen LogP contribution in [0.2, 0.25) is 11.6 Å². The topological polar surface area (TPSA) is 9.72 Å². The van der Waals surface area contributed by atoms with Gasteiger partial charge in [-0.25, -0.2) is 0 Å². The maximum atomic E-state index is 3.42. The van der Waals surface area contributed by atoms with Crippen molar-refractivity contribution in [3.63, 3.8) is 0 Å². The Kier molecular flexibility index (Phi) is 11.5. The fraction of sp³-hybridized carbons (Fsp3) is 0.761. The van der Waals surface area contributed by atoms with Crippen LogP contribution in [0.25, 0.3) is 0 Å². The summed E-state index contributed by atoms with van der Waals surface area (Å²) in [7, 11) is 0.